The molecule has 0 spiro atoms. The third kappa shape index (κ3) is 5.27. The second-order valence-corrected chi connectivity index (χ2v) is 7.86. The minimum Gasteiger partial charge on any atom is -0.465 e. The lowest BCUT2D eigenvalue weighted by atomic mass is 10.1. The Kier molecular flexibility index (Phi) is 7.92. The minimum atomic E-state index is -0.859. The van der Waals surface area contributed by atoms with E-state index in [0.717, 1.165) is 38.5 Å². The summed E-state index contributed by atoms with van der Waals surface area (Å²) in [5.74, 6) is -0.573. The van der Waals surface area contributed by atoms with Crippen molar-refractivity contribution >= 4 is 22.6 Å². The molecule has 0 amide bonds. The van der Waals surface area contributed by atoms with Crippen LogP contribution in [0.25, 0.3) is 22.3 Å². The van der Waals surface area contributed by atoms with E-state index in [1.165, 1.54) is 12.1 Å². The zero-order valence-corrected chi connectivity index (χ0v) is 18.9. The molecule has 0 radical (unpaired) electrons. The second kappa shape index (κ2) is 10.8. The molecule has 176 valence electrons. The molecular weight excluding hydrogens is 428 g/mol. The monoisotopic (exact) mass is 456 g/mol. The predicted molar refractivity (Wildman–Crippen MR) is 124 cm³/mol. The standard InChI is InChI=1S/C23H28N4O6/c1-3-5-6-7-8-9-13-25-18-11-10-12-19(27(31)32)16(18)14-17-21(25)24-23(30)26(22(17)29)15-20(28)33-4-2/h10-12,14H,3-9,13,15H2,1-2H3. The Balaban J connectivity index is 2.15. The van der Waals surface area contributed by atoms with Crippen molar-refractivity contribution in [1.82, 2.24) is 14.1 Å². The highest BCUT2D eigenvalue weighted by Crippen LogP contribution is 2.31. The van der Waals surface area contributed by atoms with Crippen LogP contribution < -0.4 is 11.2 Å². The molecule has 2 aliphatic heterocycles. The molecule has 0 aliphatic carbocycles. The van der Waals surface area contributed by atoms with Crippen LogP contribution in [0, 0.1) is 10.1 Å². The first kappa shape index (κ1) is 24.1. The first-order valence-electron chi connectivity index (χ1n) is 11.3. The summed E-state index contributed by atoms with van der Waals surface area (Å²) < 4.78 is 7.25. The predicted octanol–water partition coefficient (Wildman–Crippen LogP) is 3.49. The van der Waals surface area contributed by atoms with Crippen molar-refractivity contribution in [1.29, 1.82) is 0 Å². The third-order valence-corrected chi connectivity index (χ3v) is 5.57. The average molecular weight is 456 g/mol. The van der Waals surface area contributed by atoms with E-state index in [-0.39, 0.29) is 29.1 Å². The summed E-state index contributed by atoms with van der Waals surface area (Å²) in [5, 5.41) is 11.9. The maximum atomic E-state index is 13.1. The average Bonchev–Trinajstić information content (AvgIpc) is 2.78. The van der Waals surface area contributed by atoms with E-state index in [4.69, 9.17) is 4.74 Å². The molecule has 0 N–H and O–H groups in total. The lowest BCUT2D eigenvalue weighted by molar-refractivity contribution is -0.383. The minimum absolute atomic E-state index is 0.0479. The summed E-state index contributed by atoms with van der Waals surface area (Å²) in [5.41, 5.74) is -1.16. The van der Waals surface area contributed by atoms with Gasteiger partial charge in [-0.15, -0.1) is 0 Å². The van der Waals surface area contributed by atoms with Crippen molar-refractivity contribution in [3.63, 3.8) is 0 Å². The Labute approximate surface area is 190 Å². The number of benzene rings is 1. The molecule has 1 aromatic carbocycles. The van der Waals surface area contributed by atoms with Gasteiger partial charge in [0, 0.05) is 12.6 Å². The van der Waals surface area contributed by atoms with Gasteiger partial charge in [-0.05, 0) is 25.5 Å². The molecule has 0 saturated carbocycles. The molecule has 2 heterocycles. The number of carbonyl (C=O) groups excluding carboxylic acids is 1. The number of pyridine rings is 1. The fourth-order valence-corrected chi connectivity index (χ4v) is 3.96. The molecule has 0 saturated heterocycles. The van der Waals surface area contributed by atoms with Crippen molar-refractivity contribution in [2.24, 2.45) is 0 Å². The number of hydrogen-bond donors (Lipinski definition) is 0. The van der Waals surface area contributed by atoms with Gasteiger partial charge < -0.3 is 9.30 Å². The van der Waals surface area contributed by atoms with Crippen molar-refractivity contribution in [2.45, 2.75) is 65.5 Å². The fraction of sp³-hybridized carbons (Fsp3) is 0.478. The molecule has 2 aliphatic rings. The number of hydrogen-bond acceptors (Lipinski definition) is 7. The number of nitrogens with zero attached hydrogens (tertiary/aromatic N) is 4. The van der Waals surface area contributed by atoms with Crippen LogP contribution in [0.5, 0.6) is 0 Å². The summed E-state index contributed by atoms with van der Waals surface area (Å²) in [4.78, 5) is 52.9. The maximum absolute atomic E-state index is 13.1. The summed E-state index contributed by atoms with van der Waals surface area (Å²) in [6.45, 7) is 3.76. The molecule has 10 nitrogen and oxygen atoms in total. The lowest BCUT2D eigenvalue weighted by Gasteiger charge is -2.18. The van der Waals surface area contributed by atoms with E-state index in [1.807, 2.05) is 0 Å². The van der Waals surface area contributed by atoms with Crippen LogP contribution in [-0.2, 0) is 22.6 Å². The summed E-state index contributed by atoms with van der Waals surface area (Å²) in [7, 11) is 0. The molecule has 0 bridgehead atoms. The number of aryl methyl sites for hydroxylation is 1. The molecule has 0 aromatic heterocycles. The zero-order chi connectivity index (χ0) is 24.0. The van der Waals surface area contributed by atoms with E-state index in [9.17, 15) is 24.5 Å². The number of unbranched alkanes of at least 4 members (excludes halogenated alkanes) is 5. The lowest BCUT2D eigenvalue weighted by Crippen LogP contribution is -2.40. The van der Waals surface area contributed by atoms with Crippen molar-refractivity contribution in [2.75, 3.05) is 6.61 Å². The third-order valence-electron chi connectivity index (χ3n) is 5.57. The van der Waals surface area contributed by atoms with Crippen LogP contribution in [0.15, 0.2) is 33.9 Å². The van der Waals surface area contributed by atoms with Gasteiger partial charge >= 0.3 is 11.7 Å². The van der Waals surface area contributed by atoms with Gasteiger partial charge in [-0.3, -0.25) is 19.7 Å². The zero-order valence-electron chi connectivity index (χ0n) is 18.9. The van der Waals surface area contributed by atoms with Crippen LogP contribution in [0.3, 0.4) is 0 Å². The Morgan fingerprint density at radius 3 is 2.52 bits per heavy atom. The van der Waals surface area contributed by atoms with Gasteiger partial charge in [0.05, 0.1) is 28.0 Å². The maximum Gasteiger partial charge on any atom is 0.353 e. The number of ether oxygens (including phenoxy) is 1. The molecule has 0 unspecified atom stereocenters. The van der Waals surface area contributed by atoms with E-state index in [0.29, 0.717) is 16.6 Å². The van der Waals surface area contributed by atoms with Gasteiger partial charge in [-0.1, -0.05) is 45.1 Å². The topological polar surface area (TPSA) is 126 Å². The number of aromatic nitrogens is 3. The van der Waals surface area contributed by atoms with Crippen molar-refractivity contribution in [3.8, 4) is 11.4 Å². The van der Waals surface area contributed by atoms with Gasteiger partial charge in [-0.25, -0.2) is 9.36 Å². The molecular formula is C23H28N4O6. The van der Waals surface area contributed by atoms with Gasteiger partial charge in [0.25, 0.3) is 11.2 Å². The van der Waals surface area contributed by atoms with Crippen LogP contribution in [0.2, 0.25) is 0 Å². The van der Waals surface area contributed by atoms with Crippen LogP contribution in [-0.4, -0.2) is 31.6 Å². The first-order valence-corrected chi connectivity index (χ1v) is 11.3. The van der Waals surface area contributed by atoms with Crippen molar-refractivity contribution < 1.29 is 14.5 Å². The largest absolute Gasteiger partial charge is 0.465 e. The Morgan fingerprint density at radius 2 is 1.82 bits per heavy atom. The smallest absolute Gasteiger partial charge is 0.353 e. The Hall–Kier alpha value is -3.56. The molecule has 1 aromatic rings. The normalized spacial score (nSPS) is 11.2. The van der Waals surface area contributed by atoms with Gasteiger partial charge in [0.2, 0.25) is 0 Å². The van der Waals surface area contributed by atoms with Crippen LogP contribution >= 0.6 is 0 Å². The Bertz CT molecular complexity index is 1250. The number of nitro benzene ring substituents is 1. The van der Waals surface area contributed by atoms with E-state index in [1.54, 1.807) is 23.6 Å². The fourth-order valence-electron chi connectivity index (χ4n) is 3.96. The molecule has 3 rings (SSSR count). The highest BCUT2D eigenvalue weighted by molar-refractivity contribution is 5.92. The summed E-state index contributed by atoms with van der Waals surface area (Å²) >= 11 is 0. The van der Waals surface area contributed by atoms with Gasteiger partial charge in [-0.2, -0.15) is 4.98 Å². The summed E-state index contributed by atoms with van der Waals surface area (Å²) in [6.07, 6.45) is 6.21. The molecule has 0 fully saturated rings. The van der Waals surface area contributed by atoms with E-state index >= 15 is 0 Å². The number of non-ortho nitro benzene ring substituents is 1. The first-order chi connectivity index (χ1) is 15.9. The Morgan fingerprint density at radius 1 is 1.09 bits per heavy atom. The second-order valence-electron chi connectivity index (χ2n) is 7.86. The number of esters is 1. The molecule has 10 heteroatoms. The number of carbonyl (C=O) groups is 1. The van der Waals surface area contributed by atoms with E-state index in [2.05, 4.69) is 11.9 Å². The highest BCUT2D eigenvalue weighted by Gasteiger charge is 2.24. The SMILES string of the molecule is CCCCCCCCn1c2nc(=O)n(CC(=O)OCC)c(=O)c-2cc2c([N+](=O)[O-])cccc21. The highest BCUT2D eigenvalue weighted by atomic mass is 16.6. The number of nitro groups is 1. The van der Waals surface area contributed by atoms with E-state index < -0.39 is 28.7 Å². The molecule has 33 heavy (non-hydrogen) atoms. The van der Waals surface area contributed by atoms with Crippen molar-refractivity contribution in [3.05, 3.63) is 55.2 Å². The van der Waals surface area contributed by atoms with Crippen LogP contribution in [0.4, 0.5) is 5.69 Å². The molecule has 0 atom stereocenters. The quantitative estimate of drug-likeness (QED) is 0.142. The number of fused-ring (bicyclic) bond motifs is 2. The summed E-state index contributed by atoms with van der Waals surface area (Å²) in [6, 6.07) is 6.05. The van der Waals surface area contributed by atoms with Crippen LogP contribution in [0.1, 0.15) is 52.4 Å². The van der Waals surface area contributed by atoms with Gasteiger partial charge in [0.1, 0.15) is 6.54 Å². The van der Waals surface area contributed by atoms with Gasteiger partial charge in [0.15, 0.2) is 5.82 Å². The number of rotatable bonds is 11.